The Morgan fingerprint density at radius 3 is 1.44 bits per heavy atom. The highest BCUT2D eigenvalue weighted by atomic mass is 16.6. The van der Waals surface area contributed by atoms with E-state index in [9.17, 15) is 24.3 Å². The second kappa shape index (κ2) is 16.0. The minimum Gasteiger partial charge on any atom is -0.481 e. The Hall–Kier alpha value is -2.76. The van der Waals surface area contributed by atoms with Crippen LogP contribution in [0, 0.1) is 11.3 Å². The molecule has 0 bridgehead atoms. The topological polar surface area (TPSA) is 147 Å². The van der Waals surface area contributed by atoms with Crippen molar-refractivity contribution in [3.63, 3.8) is 0 Å². The molecule has 0 aromatic rings. The molecule has 12 nitrogen and oxygen atoms in total. The smallest absolute Gasteiger partial charge is 0.410 e. The lowest BCUT2D eigenvalue weighted by Crippen LogP contribution is -2.49. The zero-order chi connectivity index (χ0) is 32.2. The van der Waals surface area contributed by atoms with Crippen LogP contribution in [-0.2, 0) is 19.0 Å². The number of nitrogens with zero attached hydrogens (tertiary/aromatic N) is 2. The lowest BCUT2D eigenvalue weighted by atomic mass is 9.92. The van der Waals surface area contributed by atoms with Crippen LogP contribution in [0.25, 0.3) is 0 Å². The highest BCUT2D eigenvalue weighted by Crippen LogP contribution is 2.17. The van der Waals surface area contributed by atoms with Crippen molar-refractivity contribution in [3.8, 4) is 0 Å². The van der Waals surface area contributed by atoms with Crippen LogP contribution in [0.2, 0.25) is 0 Å². The normalized spacial score (nSPS) is 13.2. The minimum atomic E-state index is -1.19. The molecule has 1 unspecified atom stereocenters. The van der Waals surface area contributed by atoms with E-state index in [1.54, 1.807) is 62.3 Å². The van der Waals surface area contributed by atoms with Gasteiger partial charge in [0.05, 0.1) is 5.92 Å². The van der Waals surface area contributed by atoms with Crippen molar-refractivity contribution in [2.75, 3.05) is 45.8 Å². The Morgan fingerprint density at radius 1 is 0.659 bits per heavy atom. The van der Waals surface area contributed by atoms with E-state index in [2.05, 4.69) is 31.4 Å². The summed E-state index contributed by atoms with van der Waals surface area (Å²) in [5.74, 6) is -2.33. The molecule has 0 aromatic heterocycles. The maximum atomic E-state index is 13.0. The molecule has 0 aromatic carbocycles. The monoisotopic (exact) mass is 588 g/mol. The molecule has 0 radical (unpaired) electrons. The second-order valence-electron chi connectivity index (χ2n) is 14.4. The van der Waals surface area contributed by atoms with Crippen LogP contribution >= 0.6 is 0 Å². The van der Waals surface area contributed by atoms with Crippen molar-refractivity contribution >= 4 is 24.2 Å². The van der Waals surface area contributed by atoms with Crippen molar-refractivity contribution in [2.45, 2.75) is 106 Å². The molecule has 0 aliphatic carbocycles. The lowest BCUT2D eigenvalue weighted by Gasteiger charge is -2.32. The van der Waals surface area contributed by atoms with E-state index in [4.69, 9.17) is 14.2 Å². The van der Waals surface area contributed by atoms with Gasteiger partial charge in [0.25, 0.3) is 0 Å². The Kier molecular flexibility index (Phi) is 14.9. The molecule has 3 amide bonds. The highest BCUT2D eigenvalue weighted by molar-refractivity contribution is 5.75. The lowest BCUT2D eigenvalue weighted by molar-refractivity contribution is -0.142. The van der Waals surface area contributed by atoms with Gasteiger partial charge < -0.3 is 39.8 Å². The van der Waals surface area contributed by atoms with Crippen LogP contribution in [0.5, 0.6) is 0 Å². The molecule has 0 aliphatic heterocycles. The molecule has 12 heteroatoms. The van der Waals surface area contributed by atoms with Gasteiger partial charge in [-0.05, 0) is 80.7 Å². The van der Waals surface area contributed by atoms with E-state index in [0.717, 1.165) is 13.0 Å². The highest BCUT2D eigenvalue weighted by Gasteiger charge is 2.32. The fourth-order valence-corrected chi connectivity index (χ4v) is 3.32. The molecule has 1 atom stereocenters. The van der Waals surface area contributed by atoms with Crippen molar-refractivity contribution < 1.29 is 38.5 Å². The van der Waals surface area contributed by atoms with Crippen LogP contribution in [0.4, 0.5) is 14.4 Å². The van der Waals surface area contributed by atoms with Gasteiger partial charge >= 0.3 is 24.2 Å². The summed E-state index contributed by atoms with van der Waals surface area (Å²) in [6.07, 6.45) is -1.11. The van der Waals surface area contributed by atoms with E-state index in [0.29, 0.717) is 6.54 Å². The minimum absolute atomic E-state index is 0.00791. The number of hydrogen-bond donors (Lipinski definition) is 3. The molecule has 0 aliphatic rings. The van der Waals surface area contributed by atoms with Gasteiger partial charge in [0.1, 0.15) is 16.8 Å². The van der Waals surface area contributed by atoms with Gasteiger partial charge in [-0.1, -0.05) is 20.8 Å². The summed E-state index contributed by atoms with van der Waals surface area (Å²) in [6.45, 7) is 22.9. The number of carbonyl (C=O) groups is 4. The third kappa shape index (κ3) is 20.7. The van der Waals surface area contributed by atoms with Gasteiger partial charge in [-0.25, -0.2) is 14.4 Å². The predicted molar refractivity (Wildman–Crippen MR) is 158 cm³/mol. The number of carboxylic acid groups (broad SMARTS) is 1. The molecule has 0 spiro atoms. The quantitative estimate of drug-likeness (QED) is 0.206. The third-order valence-electron chi connectivity index (χ3n) is 5.19. The summed E-state index contributed by atoms with van der Waals surface area (Å²) in [4.78, 5) is 53.0. The Morgan fingerprint density at radius 2 is 1.07 bits per heavy atom. The summed E-state index contributed by atoms with van der Waals surface area (Å²) in [5, 5.41) is 15.9. The zero-order valence-electron chi connectivity index (χ0n) is 27.4. The Bertz CT molecular complexity index is 851. The molecule has 0 fully saturated rings. The van der Waals surface area contributed by atoms with Crippen molar-refractivity contribution in [1.82, 2.24) is 20.4 Å². The summed E-state index contributed by atoms with van der Waals surface area (Å²) in [5.41, 5.74) is -2.15. The Labute approximate surface area is 246 Å². The molecular weight excluding hydrogens is 532 g/mol. The number of ether oxygens (including phenoxy) is 3. The number of amides is 3. The summed E-state index contributed by atoms with van der Waals surface area (Å²) < 4.78 is 16.3. The SMILES string of the molecule is CC(C)(C)CCNCCN(CC(CN(CCNC(=O)OC(C)(C)C)C(=O)OC(C)(C)C)C(=O)O)C(=O)OC(C)(C)C. The van der Waals surface area contributed by atoms with E-state index in [-0.39, 0.29) is 38.1 Å². The first kappa shape index (κ1) is 38.2. The number of rotatable bonds is 13. The van der Waals surface area contributed by atoms with Crippen LogP contribution in [0.3, 0.4) is 0 Å². The fourth-order valence-electron chi connectivity index (χ4n) is 3.32. The number of aliphatic carboxylic acids is 1. The average molecular weight is 589 g/mol. The molecule has 0 rings (SSSR count). The van der Waals surface area contributed by atoms with Gasteiger partial charge in [0, 0.05) is 39.3 Å². The molecular formula is C29H56N4O8. The summed E-state index contributed by atoms with van der Waals surface area (Å²) >= 11 is 0. The van der Waals surface area contributed by atoms with Crippen molar-refractivity contribution in [1.29, 1.82) is 0 Å². The largest absolute Gasteiger partial charge is 0.481 e. The van der Waals surface area contributed by atoms with Gasteiger partial charge in [0.2, 0.25) is 0 Å². The first-order chi connectivity index (χ1) is 18.4. The molecule has 0 saturated carbocycles. The van der Waals surface area contributed by atoms with Crippen LogP contribution < -0.4 is 10.6 Å². The first-order valence-electron chi connectivity index (χ1n) is 14.2. The van der Waals surface area contributed by atoms with E-state index >= 15 is 0 Å². The molecule has 41 heavy (non-hydrogen) atoms. The molecule has 0 heterocycles. The third-order valence-corrected chi connectivity index (χ3v) is 5.19. The van der Waals surface area contributed by atoms with Crippen LogP contribution in [-0.4, -0.2) is 102 Å². The first-order valence-corrected chi connectivity index (χ1v) is 14.2. The second-order valence-corrected chi connectivity index (χ2v) is 14.4. The van der Waals surface area contributed by atoms with Gasteiger partial charge in [0.15, 0.2) is 0 Å². The number of carbonyl (C=O) groups excluding carboxylic acids is 3. The van der Waals surface area contributed by atoms with Gasteiger partial charge in [-0.2, -0.15) is 0 Å². The maximum Gasteiger partial charge on any atom is 0.410 e. The zero-order valence-corrected chi connectivity index (χ0v) is 27.4. The van der Waals surface area contributed by atoms with Crippen LogP contribution in [0.1, 0.15) is 89.5 Å². The van der Waals surface area contributed by atoms with Crippen LogP contribution in [0.15, 0.2) is 0 Å². The number of carboxylic acids is 1. The van der Waals surface area contributed by atoms with E-state index < -0.39 is 47.0 Å². The number of alkyl carbamates (subject to hydrolysis) is 1. The maximum absolute atomic E-state index is 13.0. The molecule has 3 N–H and O–H groups in total. The molecule has 240 valence electrons. The molecule has 0 saturated heterocycles. The van der Waals surface area contributed by atoms with Gasteiger partial charge in [-0.3, -0.25) is 4.79 Å². The number of hydrogen-bond acceptors (Lipinski definition) is 8. The van der Waals surface area contributed by atoms with Gasteiger partial charge in [-0.15, -0.1) is 0 Å². The standard InChI is InChI=1S/C29H56N4O8/c1-26(2,3)13-14-30-15-17-32(24(37)40-28(7,8)9)19-21(22(34)35)20-33(25(38)41-29(10,11)12)18-16-31-23(36)39-27(4,5)6/h21,30H,13-20H2,1-12H3,(H,31,36)(H,34,35). The summed E-state index contributed by atoms with van der Waals surface area (Å²) in [7, 11) is 0. The van der Waals surface area contributed by atoms with E-state index in [1.807, 2.05) is 0 Å². The fraction of sp³-hybridized carbons (Fsp3) is 0.862. The summed E-state index contributed by atoms with van der Waals surface area (Å²) in [6, 6.07) is 0. The van der Waals surface area contributed by atoms with Crippen molar-refractivity contribution in [2.24, 2.45) is 11.3 Å². The van der Waals surface area contributed by atoms with Crippen molar-refractivity contribution in [3.05, 3.63) is 0 Å². The average Bonchev–Trinajstić information content (AvgIpc) is 2.71. The Balaban J connectivity index is 5.70. The number of nitrogens with one attached hydrogen (secondary N) is 2. The van der Waals surface area contributed by atoms with E-state index in [1.165, 1.54) is 9.80 Å². The predicted octanol–water partition coefficient (Wildman–Crippen LogP) is 4.71.